The van der Waals surface area contributed by atoms with Gasteiger partial charge >= 0.3 is 0 Å². The zero-order chi connectivity index (χ0) is 12.2. The number of thioether (sulfide) groups is 1. The average Bonchev–Trinajstić information content (AvgIpc) is 2.27. The van der Waals surface area contributed by atoms with Crippen LogP contribution in [0, 0.1) is 0 Å². The second-order valence-corrected chi connectivity index (χ2v) is 4.95. The minimum absolute atomic E-state index is 0.206. The molecule has 0 aliphatic rings. The predicted molar refractivity (Wildman–Crippen MR) is 73.8 cm³/mol. The summed E-state index contributed by atoms with van der Waals surface area (Å²) in [5.74, 6) is 0. The molecular formula is C10H19N3OS2. The van der Waals surface area contributed by atoms with Gasteiger partial charge in [-0.05, 0) is 50.2 Å². The molecule has 92 valence electrons. The van der Waals surface area contributed by atoms with Crippen LogP contribution in [-0.4, -0.2) is 23.3 Å². The van der Waals surface area contributed by atoms with Crippen LogP contribution in [0.4, 0.5) is 0 Å². The number of azide groups is 1. The minimum atomic E-state index is 0.206. The van der Waals surface area contributed by atoms with Gasteiger partial charge < -0.3 is 4.74 Å². The highest BCUT2D eigenvalue weighted by molar-refractivity contribution is 8.22. The normalized spacial score (nSPS) is 11.6. The van der Waals surface area contributed by atoms with E-state index in [-0.39, 0.29) is 6.10 Å². The zero-order valence-corrected chi connectivity index (χ0v) is 11.5. The van der Waals surface area contributed by atoms with Crippen molar-refractivity contribution in [2.24, 2.45) is 5.11 Å². The van der Waals surface area contributed by atoms with Gasteiger partial charge in [0.25, 0.3) is 0 Å². The van der Waals surface area contributed by atoms with Gasteiger partial charge in [0, 0.05) is 11.5 Å². The molecule has 0 aromatic carbocycles. The fourth-order valence-electron chi connectivity index (χ4n) is 1.28. The van der Waals surface area contributed by atoms with Crippen LogP contribution in [-0.2, 0) is 4.74 Å². The first-order valence-corrected chi connectivity index (χ1v) is 7.09. The molecule has 1 unspecified atom stereocenters. The maximum absolute atomic E-state index is 8.08. The van der Waals surface area contributed by atoms with Crippen molar-refractivity contribution in [1.29, 1.82) is 0 Å². The molecule has 0 bridgehead atoms. The summed E-state index contributed by atoms with van der Waals surface area (Å²) in [4.78, 5) is 2.71. The van der Waals surface area contributed by atoms with Gasteiger partial charge in [-0.25, -0.2) is 0 Å². The lowest BCUT2D eigenvalue weighted by atomic mass is 10.1. The maximum Gasteiger partial charge on any atom is 0.219 e. The molecule has 4 nitrogen and oxygen atoms in total. The van der Waals surface area contributed by atoms with Crippen LogP contribution >= 0.6 is 24.0 Å². The van der Waals surface area contributed by atoms with Crippen molar-refractivity contribution >= 4 is 28.4 Å². The van der Waals surface area contributed by atoms with E-state index < -0.39 is 0 Å². The number of thiocarbonyl (C=S) groups is 1. The highest BCUT2D eigenvalue weighted by Gasteiger charge is 2.04. The predicted octanol–water partition coefficient (Wildman–Crippen LogP) is 4.30. The van der Waals surface area contributed by atoms with Crippen molar-refractivity contribution in [2.45, 2.75) is 45.1 Å². The quantitative estimate of drug-likeness (QED) is 0.215. The molecule has 0 aliphatic heterocycles. The highest BCUT2D eigenvalue weighted by Crippen LogP contribution is 2.11. The largest absolute Gasteiger partial charge is 0.476 e. The molecule has 0 fully saturated rings. The van der Waals surface area contributed by atoms with Crippen LogP contribution in [0.5, 0.6) is 0 Å². The first-order valence-electron chi connectivity index (χ1n) is 5.46. The second kappa shape index (κ2) is 11.0. The number of unbranched alkanes of at least 4 members (excludes halogenated alkanes) is 3. The summed E-state index contributed by atoms with van der Waals surface area (Å²) < 4.78 is 6.09. The number of hydrogen-bond acceptors (Lipinski definition) is 4. The molecule has 0 spiro atoms. The lowest BCUT2D eigenvalue weighted by Gasteiger charge is -2.13. The summed E-state index contributed by atoms with van der Waals surface area (Å²) in [6.07, 6.45) is 7.53. The summed E-state index contributed by atoms with van der Waals surface area (Å²) in [6.45, 7) is 2.65. The van der Waals surface area contributed by atoms with E-state index in [9.17, 15) is 0 Å². The van der Waals surface area contributed by atoms with E-state index in [1.165, 1.54) is 11.8 Å². The van der Waals surface area contributed by atoms with Crippen LogP contribution in [0.25, 0.3) is 10.4 Å². The number of ether oxygens (including phenoxy) is 1. The Morgan fingerprint density at radius 1 is 1.44 bits per heavy atom. The first-order chi connectivity index (χ1) is 7.70. The van der Waals surface area contributed by atoms with Crippen LogP contribution < -0.4 is 0 Å². The molecule has 0 radical (unpaired) electrons. The van der Waals surface area contributed by atoms with E-state index in [0.717, 1.165) is 32.1 Å². The Morgan fingerprint density at radius 3 is 2.75 bits per heavy atom. The van der Waals surface area contributed by atoms with Crippen molar-refractivity contribution in [2.75, 3.05) is 12.8 Å². The molecule has 0 N–H and O–H groups in total. The molecule has 0 amide bonds. The van der Waals surface area contributed by atoms with Crippen LogP contribution in [0.1, 0.15) is 39.0 Å². The number of nitrogens with zero attached hydrogens (tertiary/aromatic N) is 3. The Morgan fingerprint density at radius 2 is 2.12 bits per heavy atom. The standard InChI is InChI=1S/C10H19N3OS2/c1-9(14-10(15)16-2)7-5-3-4-6-8-12-13-11/h9H,3-8H2,1-2H3. The molecule has 0 saturated heterocycles. The SMILES string of the molecule is CSC(=S)OC(C)CCCCCCN=[N+]=[N-]. The summed E-state index contributed by atoms with van der Waals surface area (Å²) in [6, 6.07) is 0. The van der Waals surface area contributed by atoms with Gasteiger partial charge in [0.1, 0.15) is 0 Å². The van der Waals surface area contributed by atoms with E-state index in [1.54, 1.807) is 0 Å². The monoisotopic (exact) mass is 261 g/mol. The Hall–Kier alpha value is -0.450. The van der Waals surface area contributed by atoms with Crippen molar-refractivity contribution < 1.29 is 4.74 Å². The van der Waals surface area contributed by atoms with Crippen molar-refractivity contribution in [1.82, 2.24) is 0 Å². The lowest BCUT2D eigenvalue weighted by molar-refractivity contribution is 0.205. The second-order valence-electron chi connectivity index (χ2n) is 3.54. The molecule has 0 aromatic heterocycles. The van der Waals surface area contributed by atoms with Crippen LogP contribution in [0.2, 0.25) is 0 Å². The van der Waals surface area contributed by atoms with Gasteiger partial charge in [-0.2, -0.15) is 0 Å². The van der Waals surface area contributed by atoms with Crippen LogP contribution in [0.3, 0.4) is 0 Å². The fraction of sp³-hybridized carbons (Fsp3) is 0.900. The third-order valence-corrected chi connectivity index (χ3v) is 3.17. The molecule has 16 heavy (non-hydrogen) atoms. The van der Waals surface area contributed by atoms with Gasteiger partial charge in [-0.3, -0.25) is 0 Å². The number of hydrogen-bond donors (Lipinski definition) is 0. The van der Waals surface area contributed by atoms with Crippen molar-refractivity contribution in [3.8, 4) is 0 Å². The van der Waals surface area contributed by atoms with Gasteiger partial charge in [-0.1, -0.05) is 29.7 Å². The van der Waals surface area contributed by atoms with Crippen LogP contribution in [0.15, 0.2) is 5.11 Å². The third kappa shape index (κ3) is 10.1. The minimum Gasteiger partial charge on any atom is -0.476 e. The van der Waals surface area contributed by atoms with E-state index >= 15 is 0 Å². The molecule has 1 atom stereocenters. The smallest absolute Gasteiger partial charge is 0.219 e. The summed E-state index contributed by atoms with van der Waals surface area (Å²) >= 11 is 6.44. The van der Waals surface area contributed by atoms with E-state index in [0.29, 0.717) is 10.9 Å². The third-order valence-electron chi connectivity index (χ3n) is 2.15. The average molecular weight is 261 g/mol. The summed E-state index contributed by atoms with van der Waals surface area (Å²) in [5.41, 5.74) is 8.08. The topological polar surface area (TPSA) is 58.0 Å². The maximum atomic E-state index is 8.08. The van der Waals surface area contributed by atoms with Gasteiger partial charge in [0.15, 0.2) is 0 Å². The summed E-state index contributed by atoms with van der Waals surface area (Å²) in [7, 11) is 0. The Labute approximate surface area is 107 Å². The van der Waals surface area contributed by atoms with E-state index in [4.69, 9.17) is 22.5 Å². The summed E-state index contributed by atoms with van der Waals surface area (Å²) in [5, 5.41) is 3.49. The highest BCUT2D eigenvalue weighted by atomic mass is 32.2. The molecule has 0 heterocycles. The molecule has 0 aromatic rings. The van der Waals surface area contributed by atoms with E-state index in [2.05, 4.69) is 10.0 Å². The molecular weight excluding hydrogens is 242 g/mol. The lowest BCUT2D eigenvalue weighted by Crippen LogP contribution is -2.10. The Balaban J connectivity index is 3.30. The number of rotatable bonds is 8. The Kier molecular flexibility index (Phi) is 10.7. The molecule has 6 heteroatoms. The fourth-order valence-corrected chi connectivity index (χ4v) is 1.71. The van der Waals surface area contributed by atoms with Crippen molar-refractivity contribution in [3.05, 3.63) is 10.4 Å². The van der Waals surface area contributed by atoms with Gasteiger partial charge in [0.2, 0.25) is 4.38 Å². The molecule has 0 rings (SSSR count). The Bertz CT molecular complexity index is 242. The molecule has 0 saturated carbocycles. The first kappa shape index (κ1) is 15.6. The van der Waals surface area contributed by atoms with Gasteiger partial charge in [-0.15, -0.1) is 0 Å². The van der Waals surface area contributed by atoms with Gasteiger partial charge in [0.05, 0.1) is 6.10 Å². The van der Waals surface area contributed by atoms with Crippen molar-refractivity contribution in [3.63, 3.8) is 0 Å². The molecule has 0 aliphatic carbocycles. The zero-order valence-electron chi connectivity index (χ0n) is 9.89. The van der Waals surface area contributed by atoms with E-state index in [1.807, 2.05) is 13.2 Å².